The van der Waals surface area contributed by atoms with Crippen molar-refractivity contribution in [3.63, 3.8) is 0 Å². The molecule has 1 saturated heterocycles. The molecule has 1 aromatic carbocycles. The summed E-state index contributed by atoms with van der Waals surface area (Å²) in [5.74, 6) is 1.72. The molecule has 0 amide bonds. The van der Waals surface area contributed by atoms with Gasteiger partial charge < -0.3 is 18.6 Å². The number of anilines is 1. The quantitative estimate of drug-likeness (QED) is 0.405. The zero-order valence-corrected chi connectivity index (χ0v) is 21.7. The van der Waals surface area contributed by atoms with Crippen molar-refractivity contribution >= 4 is 28.7 Å². The minimum atomic E-state index is -0.664. The van der Waals surface area contributed by atoms with Crippen LogP contribution in [0.2, 0.25) is 5.02 Å². The van der Waals surface area contributed by atoms with Crippen molar-refractivity contribution in [1.82, 2.24) is 29.7 Å². The number of imidazole rings is 1. The highest BCUT2D eigenvalue weighted by Crippen LogP contribution is 2.37. The lowest BCUT2D eigenvalue weighted by atomic mass is 9.83. The number of ether oxygens (including phenoxy) is 1. The number of morpholine rings is 1. The van der Waals surface area contributed by atoms with Crippen LogP contribution < -0.4 is 10.7 Å². The third-order valence-corrected chi connectivity index (χ3v) is 7.75. The summed E-state index contributed by atoms with van der Waals surface area (Å²) in [6.45, 7) is 7.34. The predicted octanol–water partition coefficient (Wildman–Crippen LogP) is 4.54. The topological polar surface area (TPSA) is 115 Å². The second-order valence-electron chi connectivity index (χ2n) is 10.3. The number of halogens is 1. The molecule has 37 heavy (non-hydrogen) atoms. The van der Waals surface area contributed by atoms with Crippen molar-refractivity contribution in [3.8, 4) is 23.0 Å². The van der Waals surface area contributed by atoms with Gasteiger partial charge in [0.15, 0.2) is 5.65 Å². The molecule has 3 aromatic heterocycles. The fourth-order valence-corrected chi connectivity index (χ4v) is 5.66. The Kier molecular flexibility index (Phi) is 6.46. The highest BCUT2D eigenvalue weighted by molar-refractivity contribution is 6.30. The maximum Gasteiger partial charge on any atom is 0.434 e. The van der Waals surface area contributed by atoms with Crippen LogP contribution in [0.4, 0.5) is 5.95 Å². The van der Waals surface area contributed by atoms with Gasteiger partial charge in [0.25, 0.3) is 5.89 Å². The summed E-state index contributed by atoms with van der Waals surface area (Å²) >= 11 is 6.40. The fraction of sp³-hybridized carbons (Fsp3) is 0.500. The van der Waals surface area contributed by atoms with Crippen LogP contribution >= 0.6 is 11.6 Å². The third kappa shape index (κ3) is 4.75. The zero-order valence-electron chi connectivity index (χ0n) is 21.0. The van der Waals surface area contributed by atoms with Gasteiger partial charge >= 0.3 is 5.76 Å². The van der Waals surface area contributed by atoms with E-state index in [2.05, 4.69) is 33.5 Å². The van der Waals surface area contributed by atoms with Crippen molar-refractivity contribution in [2.24, 2.45) is 11.8 Å². The molecule has 10 nitrogen and oxygen atoms in total. The lowest BCUT2D eigenvalue weighted by molar-refractivity contribution is 0.0976. The number of hydrogen-bond donors (Lipinski definition) is 1. The summed E-state index contributed by atoms with van der Waals surface area (Å²) in [4.78, 5) is 28.6. The van der Waals surface area contributed by atoms with Crippen LogP contribution in [-0.4, -0.2) is 55.5 Å². The summed E-state index contributed by atoms with van der Waals surface area (Å²) in [6.07, 6.45) is 4.84. The van der Waals surface area contributed by atoms with Crippen molar-refractivity contribution in [1.29, 1.82) is 0 Å². The van der Waals surface area contributed by atoms with Crippen LogP contribution in [-0.2, 0) is 11.3 Å². The van der Waals surface area contributed by atoms with E-state index >= 15 is 0 Å². The Bertz CT molecular complexity index is 1470. The molecule has 6 rings (SSSR count). The summed E-state index contributed by atoms with van der Waals surface area (Å²) in [7, 11) is 0. The summed E-state index contributed by atoms with van der Waals surface area (Å²) in [6, 6.07) is 7.74. The molecule has 2 fully saturated rings. The molecule has 1 N–H and O–H groups in total. The highest BCUT2D eigenvalue weighted by Gasteiger charge is 2.30. The molecule has 0 bridgehead atoms. The lowest BCUT2D eigenvalue weighted by Crippen LogP contribution is -2.45. The maximum atomic E-state index is 11.7. The van der Waals surface area contributed by atoms with Crippen LogP contribution in [0.3, 0.4) is 0 Å². The van der Waals surface area contributed by atoms with Crippen LogP contribution in [0.5, 0.6) is 0 Å². The van der Waals surface area contributed by atoms with Crippen LogP contribution in [0.15, 0.2) is 33.5 Å². The van der Waals surface area contributed by atoms with Gasteiger partial charge in [0.2, 0.25) is 11.8 Å². The first-order valence-corrected chi connectivity index (χ1v) is 13.3. The van der Waals surface area contributed by atoms with Crippen molar-refractivity contribution in [3.05, 3.63) is 39.8 Å². The second-order valence-corrected chi connectivity index (χ2v) is 10.7. The number of aromatic nitrogens is 6. The average Bonchev–Trinajstić information content (AvgIpc) is 3.49. The van der Waals surface area contributed by atoms with E-state index in [4.69, 9.17) is 35.7 Å². The van der Waals surface area contributed by atoms with Crippen LogP contribution in [0.25, 0.3) is 34.1 Å². The zero-order chi connectivity index (χ0) is 25.5. The Morgan fingerprint density at radius 1 is 1.14 bits per heavy atom. The van der Waals surface area contributed by atoms with E-state index in [1.165, 1.54) is 25.7 Å². The van der Waals surface area contributed by atoms with E-state index in [0.29, 0.717) is 35.5 Å². The molecular formula is C26H30ClN7O3. The summed E-state index contributed by atoms with van der Waals surface area (Å²) in [5, 5.41) is 6.86. The Morgan fingerprint density at radius 2 is 1.97 bits per heavy atom. The van der Waals surface area contributed by atoms with Crippen molar-refractivity contribution in [2.75, 3.05) is 24.7 Å². The molecule has 0 spiro atoms. The monoisotopic (exact) mass is 523 g/mol. The Morgan fingerprint density at radius 3 is 2.70 bits per heavy atom. The van der Waals surface area contributed by atoms with E-state index in [1.54, 1.807) is 0 Å². The predicted molar refractivity (Wildman–Crippen MR) is 141 cm³/mol. The molecule has 1 atom stereocenters. The first-order chi connectivity index (χ1) is 18.0. The SMILES string of the molecule is C[C@@H]1COCCN1c1nc2nc(-c3n[nH]c(=O)o3)nc(-c3cccc(Cl)c3)c2n1C[C@H]1CC[C@H](C)CC1. The Labute approximate surface area is 219 Å². The van der Waals surface area contributed by atoms with Gasteiger partial charge in [-0.15, -0.1) is 5.10 Å². The molecular weight excluding hydrogens is 494 g/mol. The van der Waals surface area contributed by atoms with E-state index in [0.717, 1.165) is 36.0 Å². The van der Waals surface area contributed by atoms with Crippen molar-refractivity contribution in [2.45, 2.75) is 52.1 Å². The molecule has 1 aliphatic carbocycles. The molecule has 2 aliphatic rings. The summed E-state index contributed by atoms with van der Waals surface area (Å²) < 4.78 is 13.2. The number of H-pyrrole nitrogens is 1. The number of aromatic amines is 1. The van der Waals surface area contributed by atoms with E-state index < -0.39 is 5.76 Å². The maximum absolute atomic E-state index is 11.7. The van der Waals surface area contributed by atoms with Gasteiger partial charge in [-0.2, -0.15) is 4.98 Å². The molecule has 11 heteroatoms. The molecule has 4 aromatic rings. The molecule has 4 heterocycles. The molecule has 1 aliphatic heterocycles. The molecule has 0 radical (unpaired) electrons. The average molecular weight is 524 g/mol. The Balaban J connectivity index is 1.58. The summed E-state index contributed by atoms with van der Waals surface area (Å²) in [5.41, 5.74) is 2.88. The minimum absolute atomic E-state index is 0.0206. The fourth-order valence-electron chi connectivity index (χ4n) is 5.47. The number of fused-ring (bicyclic) bond motifs is 1. The lowest BCUT2D eigenvalue weighted by Gasteiger charge is -2.35. The van der Waals surface area contributed by atoms with Gasteiger partial charge in [-0.3, -0.25) is 0 Å². The number of nitrogens with one attached hydrogen (secondary N) is 1. The van der Waals surface area contributed by atoms with E-state index in [1.807, 2.05) is 24.3 Å². The Hall–Kier alpha value is -3.24. The van der Waals surface area contributed by atoms with Crippen LogP contribution in [0, 0.1) is 11.8 Å². The van der Waals surface area contributed by atoms with Gasteiger partial charge in [-0.05, 0) is 43.7 Å². The first-order valence-electron chi connectivity index (χ1n) is 12.9. The van der Waals surface area contributed by atoms with Gasteiger partial charge in [0.1, 0.15) is 11.2 Å². The largest absolute Gasteiger partial charge is 0.434 e. The standard InChI is InChI=1S/C26H30ClN7O3/c1-15-6-8-17(9-7-15)13-34-21-20(18-4-3-5-19(27)12-18)28-23(24-31-32-26(35)37-24)29-22(21)30-25(34)33-10-11-36-14-16(33)2/h3-5,12,15-17H,6-11,13-14H2,1-2H3,(H,32,35)/t15-,16-,17-/m1/s1. The van der Waals surface area contributed by atoms with Crippen LogP contribution in [0.1, 0.15) is 39.5 Å². The van der Waals surface area contributed by atoms with Gasteiger partial charge in [0.05, 0.1) is 19.3 Å². The van der Waals surface area contributed by atoms with E-state index in [-0.39, 0.29) is 17.8 Å². The minimum Gasteiger partial charge on any atom is -0.384 e. The third-order valence-electron chi connectivity index (χ3n) is 7.51. The van der Waals surface area contributed by atoms with Gasteiger partial charge in [0, 0.05) is 23.7 Å². The molecule has 194 valence electrons. The first kappa shape index (κ1) is 24.1. The number of hydrogen-bond acceptors (Lipinski definition) is 8. The second kappa shape index (κ2) is 9.90. The molecule has 0 unspecified atom stereocenters. The number of rotatable bonds is 5. The molecule has 1 saturated carbocycles. The highest BCUT2D eigenvalue weighted by atomic mass is 35.5. The normalized spacial score (nSPS) is 22.6. The van der Waals surface area contributed by atoms with Gasteiger partial charge in [-0.25, -0.2) is 19.9 Å². The smallest absolute Gasteiger partial charge is 0.384 e. The van der Waals surface area contributed by atoms with Gasteiger partial charge in [-0.1, -0.05) is 43.5 Å². The van der Waals surface area contributed by atoms with Crippen molar-refractivity contribution < 1.29 is 9.15 Å². The number of benzene rings is 1. The number of nitrogens with zero attached hydrogens (tertiary/aromatic N) is 6. The van der Waals surface area contributed by atoms with E-state index in [9.17, 15) is 4.79 Å².